The van der Waals surface area contributed by atoms with Gasteiger partial charge in [-0.15, -0.1) is 0 Å². The third-order valence-corrected chi connectivity index (χ3v) is 5.02. The Morgan fingerprint density at radius 1 is 1.20 bits per heavy atom. The number of hydrogen-bond donors (Lipinski definition) is 2. The topological polar surface area (TPSA) is 84.8 Å². The third-order valence-electron chi connectivity index (χ3n) is 5.02. The summed E-state index contributed by atoms with van der Waals surface area (Å²) in [5.74, 6) is 0.112. The van der Waals surface area contributed by atoms with Gasteiger partial charge in [-0.1, -0.05) is 6.07 Å². The normalized spacial score (nSPS) is 11.0. The van der Waals surface area contributed by atoms with Crippen LogP contribution in [0.2, 0.25) is 0 Å². The number of carbonyl (C=O) groups excluding carboxylic acids is 1. The second kappa shape index (κ2) is 8.36. The number of fused-ring (bicyclic) bond motifs is 1. The molecule has 0 aliphatic rings. The Bertz CT molecular complexity index is 1170. The number of halogens is 1. The molecular formula is C22H22FN5O2. The quantitative estimate of drug-likeness (QED) is 0.493. The van der Waals surface area contributed by atoms with E-state index in [0.29, 0.717) is 24.2 Å². The summed E-state index contributed by atoms with van der Waals surface area (Å²) >= 11 is 0. The van der Waals surface area contributed by atoms with Gasteiger partial charge < -0.3 is 15.0 Å². The molecule has 0 aliphatic carbocycles. The van der Waals surface area contributed by atoms with Gasteiger partial charge >= 0.3 is 0 Å². The molecule has 7 nitrogen and oxygen atoms in total. The van der Waals surface area contributed by atoms with E-state index in [-0.39, 0.29) is 18.3 Å². The van der Waals surface area contributed by atoms with E-state index < -0.39 is 0 Å². The Kier molecular flexibility index (Phi) is 5.47. The molecule has 154 valence electrons. The highest BCUT2D eigenvalue weighted by Gasteiger charge is 2.14. The number of benzene rings is 2. The number of carbonyl (C=O) groups is 1. The van der Waals surface area contributed by atoms with Crippen molar-refractivity contribution in [1.82, 2.24) is 25.1 Å². The van der Waals surface area contributed by atoms with Crippen LogP contribution < -0.4 is 10.1 Å². The van der Waals surface area contributed by atoms with E-state index in [1.54, 1.807) is 29.2 Å². The lowest BCUT2D eigenvalue weighted by Gasteiger charge is -2.09. The molecule has 0 unspecified atom stereocenters. The van der Waals surface area contributed by atoms with Crippen LogP contribution in [0.3, 0.4) is 0 Å². The maximum atomic E-state index is 14.1. The molecule has 2 aromatic heterocycles. The Balaban J connectivity index is 1.30. The summed E-state index contributed by atoms with van der Waals surface area (Å²) in [7, 11) is 0. The molecule has 4 aromatic rings. The molecule has 0 aliphatic heterocycles. The average molecular weight is 407 g/mol. The number of hydrogen-bond acceptors (Lipinski definition) is 4. The minimum Gasteiger partial charge on any atom is -0.484 e. The molecular weight excluding hydrogens is 385 g/mol. The fourth-order valence-electron chi connectivity index (χ4n) is 3.52. The van der Waals surface area contributed by atoms with Crippen LogP contribution in [-0.2, 0) is 11.2 Å². The summed E-state index contributed by atoms with van der Waals surface area (Å²) in [4.78, 5) is 19.2. The van der Waals surface area contributed by atoms with E-state index in [4.69, 9.17) is 4.74 Å². The maximum absolute atomic E-state index is 14.1. The lowest BCUT2D eigenvalue weighted by atomic mass is 10.0. The van der Waals surface area contributed by atoms with Crippen LogP contribution in [-0.4, -0.2) is 38.8 Å². The van der Waals surface area contributed by atoms with Crippen LogP contribution >= 0.6 is 0 Å². The molecule has 8 heteroatoms. The Morgan fingerprint density at radius 3 is 2.73 bits per heavy atom. The van der Waals surface area contributed by atoms with E-state index in [0.717, 1.165) is 27.9 Å². The molecule has 0 atom stereocenters. The number of nitrogens with zero attached hydrogens (tertiary/aromatic N) is 3. The number of nitrogens with one attached hydrogen (secondary N) is 2. The second-order valence-electron chi connectivity index (χ2n) is 7.07. The lowest BCUT2D eigenvalue weighted by molar-refractivity contribution is -0.123. The van der Waals surface area contributed by atoms with Crippen molar-refractivity contribution in [2.75, 3.05) is 13.2 Å². The van der Waals surface area contributed by atoms with E-state index >= 15 is 0 Å². The molecule has 0 radical (unpaired) electrons. The summed E-state index contributed by atoms with van der Waals surface area (Å²) in [6.45, 7) is 4.24. The number of amides is 1. The van der Waals surface area contributed by atoms with Crippen LogP contribution in [0.1, 0.15) is 16.8 Å². The molecule has 4 rings (SSSR count). The zero-order valence-corrected chi connectivity index (χ0v) is 16.8. The molecule has 2 heterocycles. The summed E-state index contributed by atoms with van der Waals surface area (Å²) in [5, 5.41) is 7.81. The minimum absolute atomic E-state index is 0.0802. The molecule has 30 heavy (non-hydrogen) atoms. The van der Waals surface area contributed by atoms with Crippen molar-refractivity contribution in [3.05, 3.63) is 71.7 Å². The number of ether oxygens (including phenoxy) is 1. The second-order valence-corrected chi connectivity index (χ2v) is 7.07. The zero-order chi connectivity index (χ0) is 21.1. The minimum atomic E-state index is -0.266. The monoisotopic (exact) mass is 407 g/mol. The zero-order valence-electron chi connectivity index (χ0n) is 16.8. The number of H-pyrrole nitrogens is 1. The molecule has 0 saturated carbocycles. The van der Waals surface area contributed by atoms with Gasteiger partial charge in [0.05, 0.1) is 11.2 Å². The van der Waals surface area contributed by atoms with Crippen molar-refractivity contribution in [3.8, 4) is 11.4 Å². The van der Waals surface area contributed by atoms with Gasteiger partial charge in [-0.3, -0.25) is 4.79 Å². The summed E-state index contributed by atoms with van der Waals surface area (Å²) in [5.41, 5.74) is 4.31. The van der Waals surface area contributed by atoms with Crippen LogP contribution in [0.5, 0.6) is 5.75 Å². The van der Waals surface area contributed by atoms with Crippen molar-refractivity contribution >= 4 is 16.8 Å². The highest BCUT2D eigenvalue weighted by Crippen LogP contribution is 2.27. The number of aromatic nitrogens is 4. The average Bonchev–Trinajstić information content (AvgIpc) is 3.39. The maximum Gasteiger partial charge on any atom is 0.257 e. The van der Waals surface area contributed by atoms with Crippen molar-refractivity contribution in [2.24, 2.45) is 0 Å². The van der Waals surface area contributed by atoms with Gasteiger partial charge in [0.1, 0.15) is 24.2 Å². The van der Waals surface area contributed by atoms with Crippen molar-refractivity contribution in [1.29, 1.82) is 0 Å². The highest BCUT2D eigenvalue weighted by atomic mass is 19.1. The SMILES string of the molecule is Cc1[nH]c2c(F)ccc(C)c2c1CCNC(=O)COc1ccc(-n2cncn2)cc1. The summed E-state index contributed by atoms with van der Waals surface area (Å²) in [6.07, 6.45) is 3.67. The van der Waals surface area contributed by atoms with Crippen molar-refractivity contribution < 1.29 is 13.9 Å². The van der Waals surface area contributed by atoms with Gasteiger partial charge in [-0.25, -0.2) is 14.1 Å². The fourth-order valence-corrected chi connectivity index (χ4v) is 3.52. The van der Waals surface area contributed by atoms with Gasteiger partial charge in [-0.2, -0.15) is 5.10 Å². The highest BCUT2D eigenvalue weighted by molar-refractivity contribution is 5.88. The molecule has 0 fully saturated rings. The fraction of sp³-hybridized carbons (Fsp3) is 0.227. The van der Waals surface area contributed by atoms with Crippen LogP contribution in [0, 0.1) is 19.7 Å². The van der Waals surface area contributed by atoms with E-state index in [1.807, 2.05) is 26.0 Å². The summed E-state index contributed by atoms with van der Waals surface area (Å²) in [6, 6.07) is 10.5. The first kappa shape index (κ1) is 19.6. The van der Waals surface area contributed by atoms with Crippen molar-refractivity contribution in [2.45, 2.75) is 20.3 Å². The first-order chi connectivity index (χ1) is 14.5. The van der Waals surface area contributed by atoms with Gasteiger partial charge in [0.25, 0.3) is 5.91 Å². The van der Waals surface area contributed by atoms with E-state index in [2.05, 4.69) is 20.4 Å². The first-order valence-electron chi connectivity index (χ1n) is 9.64. The molecule has 2 aromatic carbocycles. The smallest absolute Gasteiger partial charge is 0.257 e. The van der Waals surface area contributed by atoms with Gasteiger partial charge in [0.2, 0.25) is 0 Å². The summed E-state index contributed by atoms with van der Waals surface area (Å²) < 4.78 is 21.2. The van der Waals surface area contributed by atoms with Crippen LogP contribution in [0.4, 0.5) is 4.39 Å². The largest absolute Gasteiger partial charge is 0.484 e. The van der Waals surface area contributed by atoms with Gasteiger partial charge in [0, 0.05) is 17.6 Å². The Labute approximate surface area is 172 Å². The molecule has 0 saturated heterocycles. The molecule has 0 spiro atoms. The third kappa shape index (κ3) is 4.03. The molecule has 2 N–H and O–H groups in total. The standard InChI is InChI=1S/C22H22FN5O2/c1-14-3-8-19(23)22-21(14)18(15(2)27-22)9-10-25-20(29)11-30-17-6-4-16(5-7-17)28-13-24-12-26-28/h3-8,12-13,27H,9-11H2,1-2H3,(H,25,29). The van der Waals surface area contributed by atoms with E-state index in [1.165, 1.54) is 12.4 Å². The first-order valence-corrected chi connectivity index (χ1v) is 9.64. The number of aromatic amines is 1. The van der Waals surface area contributed by atoms with Crippen molar-refractivity contribution in [3.63, 3.8) is 0 Å². The van der Waals surface area contributed by atoms with Crippen LogP contribution in [0.15, 0.2) is 49.1 Å². The predicted octanol–water partition coefficient (Wildman–Crippen LogP) is 3.24. The van der Waals surface area contributed by atoms with E-state index in [9.17, 15) is 9.18 Å². The number of rotatable bonds is 7. The Morgan fingerprint density at radius 2 is 2.00 bits per heavy atom. The van der Waals surface area contributed by atoms with Crippen LogP contribution in [0.25, 0.3) is 16.6 Å². The van der Waals surface area contributed by atoms with Gasteiger partial charge in [-0.05, 0) is 61.7 Å². The predicted molar refractivity (Wildman–Crippen MR) is 111 cm³/mol. The lowest BCUT2D eigenvalue weighted by Crippen LogP contribution is -2.30. The molecule has 1 amide bonds. The van der Waals surface area contributed by atoms with Gasteiger partial charge in [0.15, 0.2) is 6.61 Å². The Hall–Kier alpha value is -3.68. The molecule has 0 bridgehead atoms. The number of aryl methyl sites for hydroxylation is 2.